The van der Waals surface area contributed by atoms with E-state index in [1.807, 2.05) is 23.6 Å². The number of aliphatic hydroxyl groups is 1. The van der Waals surface area contributed by atoms with Gasteiger partial charge < -0.3 is 15.3 Å². The van der Waals surface area contributed by atoms with Crippen LogP contribution in [-0.2, 0) is 13.0 Å². The first-order valence-corrected chi connectivity index (χ1v) is 9.31. The van der Waals surface area contributed by atoms with Crippen LogP contribution in [0, 0.1) is 0 Å². The van der Waals surface area contributed by atoms with Crippen molar-refractivity contribution in [3.05, 3.63) is 51.5 Å². The Hall–Kier alpha value is -1.92. The van der Waals surface area contributed by atoms with Crippen LogP contribution in [0.15, 0.2) is 29.6 Å². The molecule has 2 heterocycles. The highest BCUT2D eigenvalue weighted by molar-refractivity contribution is 7.09. The molecule has 0 saturated heterocycles. The molecule has 1 aromatic heterocycles. The highest BCUT2D eigenvalue weighted by atomic mass is 32.1. The number of nitrogens with zero attached hydrogens (tertiary/aromatic N) is 2. The van der Waals surface area contributed by atoms with Gasteiger partial charge in [0.2, 0.25) is 0 Å². The molecule has 1 atom stereocenters. The Morgan fingerprint density at radius 1 is 1.38 bits per heavy atom. The van der Waals surface area contributed by atoms with Crippen LogP contribution < -0.4 is 5.32 Å². The van der Waals surface area contributed by atoms with Crippen molar-refractivity contribution in [2.75, 3.05) is 13.2 Å². The summed E-state index contributed by atoms with van der Waals surface area (Å²) in [7, 11) is 0. The second kappa shape index (κ2) is 6.53. The average Bonchev–Trinajstić information content (AvgIpc) is 3.37. The molecule has 1 fully saturated rings. The van der Waals surface area contributed by atoms with Crippen LogP contribution in [0.5, 0.6) is 0 Å². The molecule has 126 valence electrons. The molecule has 2 aliphatic rings. The van der Waals surface area contributed by atoms with E-state index in [4.69, 9.17) is 0 Å². The fourth-order valence-electron chi connectivity index (χ4n) is 3.28. The molecule has 5 nitrogen and oxygen atoms in total. The number of hydrogen-bond donors (Lipinski definition) is 2. The summed E-state index contributed by atoms with van der Waals surface area (Å²) in [6.45, 7) is 1.00. The van der Waals surface area contributed by atoms with Gasteiger partial charge in [0.15, 0.2) is 0 Å². The van der Waals surface area contributed by atoms with Crippen LogP contribution in [0.4, 0.5) is 4.79 Å². The van der Waals surface area contributed by atoms with Crippen molar-refractivity contribution in [2.45, 2.75) is 37.8 Å². The molecular formula is C18H21N3O2S. The molecule has 6 heteroatoms. The number of aromatic nitrogens is 1. The summed E-state index contributed by atoms with van der Waals surface area (Å²) in [5.41, 5.74) is 3.19. The van der Waals surface area contributed by atoms with Crippen molar-refractivity contribution in [3.8, 4) is 0 Å². The van der Waals surface area contributed by atoms with E-state index in [-0.39, 0.29) is 18.7 Å². The normalized spacial score (nSPS) is 19.9. The highest BCUT2D eigenvalue weighted by Gasteiger charge is 2.30. The van der Waals surface area contributed by atoms with Crippen molar-refractivity contribution in [1.82, 2.24) is 15.2 Å². The largest absolute Gasteiger partial charge is 0.394 e. The minimum atomic E-state index is -0.271. The van der Waals surface area contributed by atoms with Gasteiger partial charge in [0.05, 0.1) is 29.9 Å². The number of hydrogen-bond acceptors (Lipinski definition) is 4. The second-order valence-electron chi connectivity index (χ2n) is 6.45. The summed E-state index contributed by atoms with van der Waals surface area (Å²) in [5.74, 6) is 0.650. The zero-order valence-electron chi connectivity index (χ0n) is 13.4. The topological polar surface area (TPSA) is 65.5 Å². The standard InChI is InChI=1S/C18H21N3O2S/c22-10-16-15-4-2-1-3-12(15)7-8-21(16)18(23)19-9-14-11-24-17(20-14)13-5-6-13/h1-4,11,13,16,22H,5-10H2,(H,19,23). The lowest BCUT2D eigenvalue weighted by molar-refractivity contribution is 0.126. The number of benzene rings is 1. The predicted octanol–water partition coefficient (Wildman–Crippen LogP) is 2.82. The van der Waals surface area contributed by atoms with Gasteiger partial charge in [-0.15, -0.1) is 11.3 Å². The van der Waals surface area contributed by atoms with E-state index in [2.05, 4.69) is 16.4 Å². The molecular weight excluding hydrogens is 322 g/mol. The number of aliphatic hydroxyl groups excluding tert-OH is 1. The molecule has 1 saturated carbocycles. The van der Waals surface area contributed by atoms with Crippen LogP contribution >= 0.6 is 11.3 Å². The summed E-state index contributed by atoms with van der Waals surface area (Å²) in [4.78, 5) is 18.9. The van der Waals surface area contributed by atoms with Crippen LogP contribution in [0.25, 0.3) is 0 Å². The maximum Gasteiger partial charge on any atom is 0.318 e. The number of rotatable bonds is 4. The predicted molar refractivity (Wildman–Crippen MR) is 93.0 cm³/mol. The third kappa shape index (κ3) is 3.03. The number of carbonyl (C=O) groups is 1. The van der Waals surface area contributed by atoms with E-state index in [9.17, 15) is 9.90 Å². The third-order valence-corrected chi connectivity index (χ3v) is 5.82. The van der Waals surface area contributed by atoms with Crippen molar-refractivity contribution >= 4 is 17.4 Å². The molecule has 2 aromatic rings. The fraction of sp³-hybridized carbons (Fsp3) is 0.444. The van der Waals surface area contributed by atoms with Gasteiger partial charge >= 0.3 is 6.03 Å². The van der Waals surface area contributed by atoms with Crippen molar-refractivity contribution < 1.29 is 9.90 Å². The Morgan fingerprint density at radius 3 is 3.00 bits per heavy atom. The summed E-state index contributed by atoms with van der Waals surface area (Å²) in [6.07, 6.45) is 3.30. The third-order valence-electron chi connectivity index (χ3n) is 4.76. The molecule has 1 aromatic carbocycles. The van der Waals surface area contributed by atoms with E-state index in [0.29, 0.717) is 19.0 Å². The minimum Gasteiger partial charge on any atom is -0.394 e. The number of urea groups is 1. The molecule has 1 aliphatic heterocycles. The van der Waals surface area contributed by atoms with Gasteiger partial charge in [-0.25, -0.2) is 9.78 Å². The quantitative estimate of drug-likeness (QED) is 0.897. The summed E-state index contributed by atoms with van der Waals surface area (Å²) >= 11 is 1.69. The van der Waals surface area contributed by atoms with Gasteiger partial charge in [0.1, 0.15) is 0 Å². The first-order chi connectivity index (χ1) is 11.8. The lowest BCUT2D eigenvalue weighted by Gasteiger charge is -2.36. The molecule has 2 amide bonds. The molecule has 1 aliphatic carbocycles. The molecule has 0 bridgehead atoms. The first kappa shape index (κ1) is 15.6. The van der Waals surface area contributed by atoms with Crippen molar-refractivity contribution in [1.29, 1.82) is 0 Å². The van der Waals surface area contributed by atoms with Gasteiger partial charge in [0, 0.05) is 17.8 Å². The molecule has 24 heavy (non-hydrogen) atoms. The van der Waals surface area contributed by atoms with E-state index < -0.39 is 0 Å². The summed E-state index contributed by atoms with van der Waals surface area (Å²) in [6, 6.07) is 7.62. The van der Waals surface area contributed by atoms with Gasteiger partial charge in [0.25, 0.3) is 0 Å². The molecule has 0 spiro atoms. The van der Waals surface area contributed by atoms with E-state index in [0.717, 1.165) is 17.7 Å². The van der Waals surface area contributed by atoms with E-state index >= 15 is 0 Å². The van der Waals surface area contributed by atoms with Gasteiger partial charge in [-0.2, -0.15) is 0 Å². The number of nitrogens with one attached hydrogen (secondary N) is 1. The van der Waals surface area contributed by atoms with Crippen LogP contribution in [-0.4, -0.2) is 34.2 Å². The van der Waals surface area contributed by atoms with Gasteiger partial charge in [-0.3, -0.25) is 0 Å². The van der Waals surface area contributed by atoms with Crippen molar-refractivity contribution in [3.63, 3.8) is 0 Å². The molecule has 1 unspecified atom stereocenters. The fourth-order valence-corrected chi connectivity index (χ4v) is 4.27. The number of amides is 2. The maximum atomic E-state index is 12.6. The monoisotopic (exact) mass is 343 g/mol. The molecule has 2 N–H and O–H groups in total. The maximum absolute atomic E-state index is 12.6. The van der Waals surface area contributed by atoms with E-state index in [1.165, 1.54) is 23.4 Å². The lowest BCUT2D eigenvalue weighted by Crippen LogP contribution is -2.46. The Balaban J connectivity index is 1.41. The zero-order chi connectivity index (χ0) is 16.5. The first-order valence-electron chi connectivity index (χ1n) is 8.43. The van der Waals surface area contributed by atoms with Crippen LogP contribution in [0.3, 0.4) is 0 Å². The lowest BCUT2D eigenvalue weighted by atomic mass is 9.93. The molecule has 4 rings (SSSR count). The number of thiazole rings is 1. The average molecular weight is 343 g/mol. The SMILES string of the molecule is O=C(NCc1csc(C2CC2)n1)N1CCc2ccccc2C1CO. The Kier molecular flexibility index (Phi) is 4.24. The number of fused-ring (bicyclic) bond motifs is 1. The highest BCUT2D eigenvalue weighted by Crippen LogP contribution is 2.41. The zero-order valence-corrected chi connectivity index (χ0v) is 14.3. The van der Waals surface area contributed by atoms with Crippen molar-refractivity contribution in [2.24, 2.45) is 0 Å². The second-order valence-corrected chi connectivity index (χ2v) is 7.34. The molecule has 0 radical (unpaired) electrons. The smallest absolute Gasteiger partial charge is 0.318 e. The van der Waals surface area contributed by atoms with Gasteiger partial charge in [-0.1, -0.05) is 24.3 Å². The van der Waals surface area contributed by atoms with Gasteiger partial charge in [-0.05, 0) is 30.4 Å². The Bertz CT molecular complexity index is 741. The Morgan fingerprint density at radius 2 is 2.21 bits per heavy atom. The summed E-state index contributed by atoms with van der Waals surface area (Å²) < 4.78 is 0. The summed E-state index contributed by atoms with van der Waals surface area (Å²) in [5, 5.41) is 16.0. The van der Waals surface area contributed by atoms with Crippen LogP contribution in [0.1, 0.15) is 46.6 Å². The van der Waals surface area contributed by atoms with Crippen LogP contribution in [0.2, 0.25) is 0 Å². The Labute approximate surface area is 145 Å². The number of carbonyl (C=O) groups excluding carboxylic acids is 1. The van der Waals surface area contributed by atoms with E-state index in [1.54, 1.807) is 16.2 Å². The minimum absolute atomic E-state index is 0.0625.